The Kier molecular flexibility index (Phi) is 10.4. The molecular weight excluding hydrogens is 432 g/mol. The molecule has 1 aromatic carbocycles. The first-order chi connectivity index (χ1) is 16.0. The summed E-state index contributed by atoms with van der Waals surface area (Å²) in [6.45, 7) is 13.0. The van der Waals surface area contributed by atoms with Gasteiger partial charge in [-0.2, -0.15) is 0 Å². The molecule has 2 aliphatic rings. The van der Waals surface area contributed by atoms with Gasteiger partial charge in [0.25, 0.3) is 0 Å². The number of benzene rings is 1. The number of allylic oxidation sites excluding steroid dienone is 2. The molecule has 0 saturated carbocycles. The molecule has 1 atom stereocenters. The van der Waals surface area contributed by atoms with Crippen molar-refractivity contribution in [2.45, 2.75) is 77.9 Å². The van der Waals surface area contributed by atoms with Crippen molar-refractivity contribution in [3.63, 3.8) is 0 Å². The second kappa shape index (κ2) is 13.3. The van der Waals surface area contributed by atoms with E-state index in [2.05, 4.69) is 52.9 Å². The lowest BCUT2D eigenvalue weighted by molar-refractivity contribution is 0.236. The second-order valence-electron chi connectivity index (χ2n) is 9.28. The smallest absolute Gasteiger partial charge is 0.127 e. The van der Waals surface area contributed by atoms with Crippen molar-refractivity contribution in [2.24, 2.45) is 9.98 Å². The van der Waals surface area contributed by atoms with Crippen LogP contribution in [0.1, 0.15) is 69.9 Å². The van der Waals surface area contributed by atoms with Crippen LogP contribution < -0.4 is 10.1 Å². The van der Waals surface area contributed by atoms with E-state index < -0.39 is 0 Å². The molecule has 6 heteroatoms. The zero-order valence-electron chi connectivity index (χ0n) is 20.8. The van der Waals surface area contributed by atoms with Crippen LogP contribution in [-0.4, -0.2) is 56.7 Å². The Balaban J connectivity index is 1.45. The molecule has 33 heavy (non-hydrogen) atoms. The first-order valence-electron chi connectivity index (χ1n) is 12.6. The van der Waals surface area contributed by atoms with Gasteiger partial charge in [0, 0.05) is 55.1 Å². The van der Waals surface area contributed by atoms with Crippen LogP contribution in [0.25, 0.3) is 0 Å². The van der Waals surface area contributed by atoms with Crippen LogP contribution in [0, 0.1) is 0 Å². The van der Waals surface area contributed by atoms with Crippen LogP contribution >= 0.6 is 11.6 Å². The number of fused-ring (bicyclic) bond motifs is 1. The highest BCUT2D eigenvalue weighted by atomic mass is 35.5. The molecule has 1 aromatic rings. The van der Waals surface area contributed by atoms with Crippen molar-refractivity contribution in [2.75, 3.05) is 33.2 Å². The minimum atomic E-state index is 0.234. The minimum absolute atomic E-state index is 0.234. The molecule has 5 nitrogen and oxygen atoms in total. The number of aliphatic imine (C=N–C) groups is 2. The molecule has 0 radical (unpaired) electrons. The van der Waals surface area contributed by atoms with Crippen LogP contribution in [0.15, 0.2) is 33.4 Å². The van der Waals surface area contributed by atoms with E-state index in [0.29, 0.717) is 0 Å². The summed E-state index contributed by atoms with van der Waals surface area (Å²) >= 11 is 6.40. The van der Waals surface area contributed by atoms with Gasteiger partial charge in [-0.05, 0) is 94.9 Å². The summed E-state index contributed by atoms with van der Waals surface area (Å²) in [5.74, 6) is 1.05. The summed E-state index contributed by atoms with van der Waals surface area (Å²) in [6, 6.07) is 4.13. The number of rotatable bonds is 13. The maximum atomic E-state index is 6.40. The lowest BCUT2D eigenvalue weighted by Gasteiger charge is -2.23. The fraction of sp³-hybridized carbons (Fsp3) is 0.630. The minimum Gasteiger partial charge on any atom is -0.490 e. The summed E-state index contributed by atoms with van der Waals surface area (Å²) in [6.07, 6.45) is 8.99. The summed E-state index contributed by atoms with van der Waals surface area (Å²) < 4.78 is 6.10. The van der Waals surface area contributed by atoms with E-state index in [4.69, 9.17) is 16.3 Å². The van der Waals surface area contributed by atoms with E-state index in [1.807, 2.05) is 7.05 Å². The van der Waals surface area contributed by atoms with Crippen LogP contribution in [0.3, 0.4) is 0 Å². The molecule has 1 N–H and O–H groups in total. The molecule has 1 heterocycles. The monoisotopic (exact) mass is 472 g/mol. The first kappa shape index (κ1) is 25.9. The third-order valence-corrected chi connectivity index (χ3v) is 6.81. The Morgan fingerprint density at radius 2 is 2.06 bits per heavy atom. The van der Waals surface area contributed by atoms with Crippen LogP contribution in [-0.2, 0) is 13.0 Å². The van der Waals surface area contributed by atoms with E-state index in [0.717, 1.165) is 87.7 Å². The molecule has 0 bridgehead atoms. The van der Waals surface area contributed by atoms with Crippen LogP contribution in [0.4, 0.5) is 0 Å². The highest BCUT2D eigenvalue weighted by Gasteiger charge is 2.24. The highest BCUT2D eigenvalue weighted by Crippen LogP contribution is 2.36. The Bertz CT molecular complexity index is 864. The SMILES string of the molecule is C=NC1=C(C(CCCNCCN(CCC)Cc2cc(Cl)cc3c2OC(C)C3)=NC)CCCC1. The van der Waals surface area contributed by atoms with Crippen molar-refractivity contribution in [1.82, 2.24) is 10.2 Å². The van der Waals surface area contributed by atoms with Gasteiger partial charge in [0.15, 0.2) is 0 Å². The number of nitrogens with one attached hydrogen (secondary N) is 1. The van der Waals surface area contributed by atoms with Gasteiger partial charge < -0.3 is 10.1 Å². The predicted molar refractivity (Wildman–Crippen MR) is 141 cm³/mol. The van der Waals surface area contributed by atoms with Crippen molar-refractivity contribution < 1.29 is 4.74 Å². The molecule has 1 aliphatic carbocycles. The third kappa shape index (κ3) is 7.40. The summed E-state index contributed by atoms with van der Waals surface area (Å²) in [5.41, 5.74) is 6.19. The summed E-state index contributed by atoms with van der Waals surface area (Å²) in [7, 11) is 1.91. The lowest BCUT2D eigenvalue weighted by Crippen LogP contribution is -2.33. The van der Waals surface area contributed by atoms with Gasteiger partial charge in [-0.1, -0.05) is 18.5 Å². The molecular formula is C27H41ClN4O. The third-order valence-electron chi connectivity index (χ3n) is 6.59. The fourth-order valence-electron chi connectivity index (χ4n) is 5.03. The topological polar surface area (TPSA) is 49.2 Å². The molecule has 0 aromatic heterocycles. The fourth-order valence-corrected chi connectivity index (χ4v) is 5.29. The van der Waals surface area contributed by atoms with E-state index in [1.165, 1.54) is 35.3 Å². The normalized spacial score (nSPS) is 18.6. The van der Waals surface area contributed by atoms with E-state index >= 15 is 0 Å². The molecule has 0 spiro atoms. The Labute approximate surface area is 205 Å². The average Bonchev–Trinajstić information content (AvgIpc) is 3.18. The average molecular weight is 473 g/mol. The largest absolute Gasteiger partial charge is 0.490 e. The quantitative estimate of drug-likeness (QED) is 0.289. The standard InChI is InChI=1S/C27H41ClN4O/c1-5-14-32(19-22-18-23(28)17-21-16-20(2)33-27(21)22)15-13-31-12-8-11-26(30-4)24-9-6-7-10-25(24)29-3/h17-18,20,31H,3,5-16,19H2,1-2,4H3. The highest BCUT2D eigenvalue weighted by molar-refractivity contribution is 6.30. The molecule has 182 valence electrons. The number of halogens is 1. The number of nitrogens with zero attached hydrogens (tertiary/aromatic N) is 3. The number of hydrogen-bond donors (Lipinski definition) is 1. The number of ether oxygens (including phenoxy) is 1. The molecule has 3 rings (SSSR count). The van der Waals surface area contributed by atoms with Gasteiger partial charge in [0.1, 0.15) is 11.9 Å². The van der Waals surface area contributed by atoms with E-state index in [-0.39, 0.29) is 6.10 Å². The van der Waals surface area contributed by atoms with Crippen molar-refractivity contribution in [3.05, 3.63) is 39.6 Å². The molecule has 1 unspecified atom stereocenters. The Morgan fingerprint density at radius 1 is 1.24 bits per heavy atom. The number of hydrogen-bond acceptors (Lipinski definition) is 5. The predicted octanol–water partition coefficient (Wildman–Crippen LogP) is 5.84. The Hall–Kier alpha value is -1.69. The van der Waals surface area contributed by atoms with Gasteiger partial charge in [0.2, 0.25) is 0 Å². The Morgan fingerprint density at radius 3 is 2.82 bits per heavy atom. The zero-order chi connectivity index (χ0) is 23.6. The van der Waals surface area contributed by atoms with Gasteiger partial charge >= 0.3 is 0 Å². The van der Waals surface area contributed by atoms with E-state index in [1.54, 1.807) is 0 Å². The van der Waals surface area contributed by atoms with Crippen LogP contribution in [0.5, 0.6) is 5.75 Å². The van der Waals surface area contributed by atoms with E-state index in [9.17, 15) is 0 Å². The van der Waals surface area contributed by atoms with Crippen molar-refractivity contribution in [3.8, 4) is 5.75 Å². The zero-order valence-corrected chi connectivity index (χ0v) is 21.5. The van der Waals surface area contributed by atoms with Gasteiger partial charge in [0.05, 0.1) is 0 Å². The van der Waals surface area contributed by atoms with Crippen molar-refractivity contribution in [1.29, 1.82) is 0 Å². The van der Waals surface area contributed by atoms with Gasteiger partial charge in [-0.3, -0.25) is 14.9 Å². The lowest BCUT2D eigenvalue weighted by atomic mass is 9.91. The van der Waals surface area contributed by atoms with Gasteiger partial charge in [-0.15, -0.1) is 0 Å². The molecule has 0 fully saturated rings. The second-order valence-corrected chi connectivity index (χ2v) is 9.71. The summed E-state index contributed by atoms with van der Waals surface area (Å²) in [4.78, 5) is 11.3. The van der Waals surface area contributed by atoms with Crippen LogP contribution in [0.2, 0.25) is 5.02 Å². The molecule has 0 amide bonds. The maximum Gasteiger partial charge on any atom is 0.127 e. The summed E-state index contributed by atoms with van der Waals surface area (Å²) in [5, 5.41) is 4.44. The van der Waals surface area contributed by atoms with Crippen molar-refractivity contribution >= 4 is 24.0 Å². The first-order valence-corrected chi connectivity index (χ1v) is 13.0. The molecule has 0 saturated heterocycles. The van der Waals surface area contributed by atoms with Gasteiger partial charge in [-0.25, -0.2) is 0 Å². The molecule has 1 aliphatic heterocycles. The maximum absolute atomic E-state index is 6.40.